The van der Waals surface area contributed by atoms with Crippen LogP contribution in [-0.4, -0.2) is 23.8 Å². The third-order valence-corrected chi connectivity index (χ3v) is 6.33. The molecule has 2 heterocycles. The highest BCUT2D eigenvalue weighted by molar-refractivity contribution is 7.18. The number of nitriles is 1. The molecule has 0 aliphatic carbocycles. The topological polar surface area (TPSA) is 92.1 Å². The largest absolute Gasteiger partial charge is 0.465 e. The first kappa shape index (κ1) is 20.5. The molecule has 146 valence electrons. The summed E-state index contributed by atoms with van der Waals surface area (Å²) in [6, 6.07) is 11.8. The summed E-state index contributed by atoms with van der Waals surface area (Å²) in [6.07, 6.45) is 1.50. The summed E-state index contributed by atoms with van der Waals surface area (Å²) in [7, 11) is 1.29. The number of rotatable bonds is 6. The smallest absolute Gasteiger partial charge is 0.341 e. The molecule has 1 N–H and O–H groups in total. The van der Waals surface area contributed by atoms with Crippen LogP contribution < -0.4 is 5.32 Å². The first-order chi connectivity index (χ1) is 14.0. The Morgan fingerprint density at radius 1 is 1.28 bits per heavy atom. The van der Waals surface area contributed by atoms with Gasteiger partial charge in [-0.2, -0.15) is 5.26 Å². The number of thiazole rings is 1. The van der Waals surface area contributed by atoms with Gasteiger partial charge in [0.1, 0.15) is 21.7 Å². The molecule has 0 unspecified atom stereocenters. The summed E-state index contributed by atoms with van der Waals surface area (Å²) in [5.41, 5.74) is 2.93. The van der Waals surface area contributed by atoms with Gasteiger partial charge >= 0.3 is 5.97 Å². The van der Waals surface area contributed by atoms with Crippen molar-refractivity contribution < 1.29 is 14.3 Å². The van der Waals surface area contributed by atoms with Gasteiger partial charge in [0.05, 0.1) is 23.2 Å². The van der Waals surface area contributed by atoms with Crippen LogP contribution in [0, 0.1) is 18.3 Å². The lowest BCUT2D eigenvalue weighted by atomic mass is 10.1. The number of ketones is 1. The molecule has 0 radical (unpaired) electrons. The maximum Gasteiger partial charge on any atom is 0.341 e. The van der Waals surface area contributed by atoms with Crippen molar-refractivity contribution in [1.82, 2.24) is 4.98 Å². The molecule has 8 heteroatoms. The number of allylic oxidation sites excluding steroid dienone is 1. The molecule has 3 aromatic rings. The standard InChI is InChI=1S/C21H17N3O3S2/c1-12-17(21(26)27-3)20(29-18(12)13(2)25)23-10-15(9-22)19-24-16(11-28-19)14-7-5-4-6-8-14/h4-8,10-11,23H,1-3H3. The molecule has 29 heavy (non-hydrogen) atoms. The highest BCUT2D eigenvalue weighted by Gasteiger charge is 2.23. The van der Waals surface area contributed by atoms with Crippen LogP contribution in [0.4, 0.5) is 5.00 Å². The monoisotopic (exact) mass is 423 g/mol. The lowest BCUT2D eigenvalue weighted by Crippen LogP contribution is -2.05. The van der Waals surface area contributed by atoms with Crippen LogP contribution in [0.2, 0.25) is 0 Å². The van der Waals surface area contributed by atoms with Crippen molar-refractivity contribution in [2.24, 2.45) is 0 Å². The summed E-state index contributed by atoms with van der Waals surface area (Å²) in [6.45, 7) is 3.15. The minimum Gasteiger partial charge on any atom is -0.465 e. The summed E-state index contributed by atoms with van der Waals surface area (Å²) in [5, 5.41) is 15.5. The molecule has 6 nitrogen and oxygen atoms in total. The number of nitrogens with zero attached hydrogens (tertiary/aromatic N) is 2. The van der Waals surface area contributed by atoms with E-state index < -0.39 is 5.97 Å². The second-order valence-electron chi connectivity index (χ2n) is 6.03. The van der Waals surface area contributed by atoms with Gasteiger partial charge in [0.25, 0.3) is 0 Å². The van der Waals surface area contributed by atoms with Crippen molar-refractivity contribution in [3.8, 4) is 17.3 Å². The Morgan fingerprint density at radius 3 is 2.62 bits per heavy atom. The van der Waals surface area contributed by atoms with Crippen LogP contribution in [0.15, 0.2) is 41.9 Å². The molecule has 0 saturated carbocycles. The number of methoxy groups -OCH3 is 1. The minimum atomic E-state index is -0.540. The van der Waals surface area contributed by atoms with Crippen molar-refractivity contribution in [1.29, 1.82) is 5.26 Å². The fourth-order valence-corrected chi connectivity index (χ4v) is 4.57. The zero-order valence-electron chi connectivity index (χ0n) is 16.0. The Morgan fingerprint density at radius 2 is 2.00 bits per heavy atom. The van der Waals surface area contributed by atoms with Gasteiger partial charge in [-0.1, -0.05) is 30.3 Å². The molecule has 0 bridgehead atoms. The quantitative estimate of drug-likeness (QED) is 0.335. The maximum absolute atomic E-state index is 12.2. The van der Waals surface area contributed by atoms with Gasteiger partial charge in [0.2, 0.25) is 0 Å². The van der Waals surface area contributed by atoms with Crippen LogP contribution in [0.1, 0.15) is 37.5 Å². The van der Waals surface area contributed by atoms with E-state index in [1.54, 1.807) is 6.92 Å². The molecule has 2 aromatic heterocycles. The normalized spacial score (nSPS) is 11.0. The Bertz CT molecular complexity index is 1140. The van der Waals surface area contributed by atoms with Crippen molar-refractivity contribution in [3.63, 3.8) is 0 Å². The maximum atomic E-state index is 12.2. The van der Waals surface area contributed by atoms with Crippen LogP contribution in [0.25, 0.3) is 16.8 Å². The fourth-order valence-electron chi connectivity index (χ4n) is 2.72. The Labute approximate surface area is 176 Å². The number of thiophene rings is 1. The number of ether oxygens (including phenoxy) is 1. The molecule has 0 saturated heterocycles. The average molecular weight is 424 g/mol. The third-order valence-electron chi connectivity index (χ3n) is 4.13. The zero-order valence-corrected chi connectivity index (χ0v) is 17.6. The number of nitrogens with one attached hydrogen (secondary N) is 1. The van der Waals surface area contributed by atoms with E-state index in [2.05, 4.69) is 16.4 Å². The number of benzene rings is 1. The summed E-state index contributed by atoms with van der Waals surface area (Å²) in [4.78, 5) is 29.0. The molecule has 0 aliphatic rings. The van der Waals surface area contributed by atoms with E-state index in [-0.39, 0.29) is 5.78 Å². The zero-order chi connectivity index (χ0) is 21.0. The SMILES string of the molecule is COC(=O)c1c(NC=C(C#N)c2nc(-c3ccccc3)cs2)sc(C(C)=O)c1C. The molecule has 0 amide bonds. The number of carbonyl (C=O) groups excluding carboxylic acids is 2. The fraction of sp³-hybridized carbons (Fsp3) is 0.143. The Balaban J connectivity index is 1.93. The second-order valence-corrected chi connectivity index (χ2v) is 7.90. The minimum absolute atomic E-state index is 0.136. The Hall–Kier alpha value is -3.28. The molecular formula is C21H17N3O3S2. The van der Waals surface area contributed by atoms with Crippen LogP contribution in [-0.2, 0) is 4.74 Å². The molecular weight excluding hydrogens is 406 g/mol. The number of Topliss-reactive ketones (excluding diaryl/α,β-unsaturated/α-hetero) is 1. The van der Waals surface area contributed by atoms with Crippen molar-refractivity contribution in [3.05, 3.63) is 62.9 Å². The highest BCUT2D eigenvalue weighted by Crippen LogP contribution is 2.34. The van der Waals surface area contributed by atoms with Gasteiger partial charge in [-0.05, 0) is 19.4 Å². The first-order valence-electron chi connectivity index (χ1n) is 8.57. The van der Waals surface area contributed by atoms with Gasteiger partial charge in [-0.15, -0.1) is 22.7 Å². The van der Waals surface area contributed by atoms with Gasteiger partial charge in [0.15, 0.2) is 5.78 Å². The van der Waals surface area contributed by atoms with Crippen molar-refractivity contribution >= 4 is 45.0 Å². The molecule has 1 aromatic carbocycles. The van der Waals surface area contributed by atoms with E-state index in [9.17, 15) is 14.9 Å². The van der Waals surface area contributed by atoms with Crippen LogP contribution in [0.5, 0.6) is 0 Å². The van der Waals surface area contributed by atoms with E-state index >= 15 is 0 Å². The van der Waals surface area contributed by atoms with Crippen LogP contribution >= 0.6 is 22.7 Å². The molecule has 0 aliphatic heterocycles. The van der Waals surface area contributed by atoms with Crippen molar-refractivity contribution in [2.75, 3.05) is 12.4 Å². The number of aromatic nitrogens is 1. The van der Waals surface area contributed by atoms with Crippen molar-refractivity contribution in [2.45, 2.75) is 13.8 Å². The number of hydrogen-bond acceptors (Lipinski definition) is 8. The van der Waals surface area contributed by atoms with Gasteiger partial charge in [-0.3, -0.25) is 4.79 Å². The first-order valence-corrected chi connectivity index (χ1v) is 10.3. The van der Waals surface area contributed by atoms with E-state index in [1.807, 2.05) is 35.7 Å². The summed E-state index contributed by atoms with van der Waals surface area (Å²) < 4.78 is 4.84. The third kappa shape index (κ3) is 4.26. The Kier molecular flexibility index (Phi) is 6.22. The number of esters is 1. The molecule has 0 fully saturated rings. The van der Waals surface area contributed by atoms with Gasteiger partial charge in [-0.25, -0.2) is 9.78 Å². The van der Waals surface area contributed by atoms with Gasteiger partial charge < -0.3 is 10.1 Å². The van der Waals surface area contributed by atoms with E-state index in [1.165, 1.54) is 31.6 Å². The lowest BCUT2D eigenvalue weighted by Gasteiger charge is -2.03. The van der Waals surface area contributed by atoms with E-state index in [4.69, 9.17) is 4.74 Å². The lowest BCUT2D eigenvalue weighted by molar-refractivity contribution is 0.0601. The van der Waals surface area contributed by atoms with Gasteiger partial charge in [0, 0.05) is 17.1 Å². The second kappa shape index (κ2) is 8.82. The van der Waals surface area contributed by atoms with E-state index in [0.717, 1.165) is 22.6 Å². The summed E-state index contributed by atoms with van der Waals surface area (Å²) >= 11 is 2.51. The molecule has 0 atom stereocenters. The average Bonchev–Trinajstić information content (AvgIpc) is 3.34. The molecule has 0 spiro atoms. The van der Waals surface area contributed by atoms with E-state index in [0.29, 0.717) is 31.6 Å². The predicted molar refractivity (Wildman–Crippen MR) is 115 cm³/mol. The predicted octanol–water partition coefficient (Wildman–Crippen LogP) is 5.15. The number of anilines is 1. The number of carbonyl (C=O) groups is 2. The number of hydrogen-bond donors (Lipinski definition) is 1. The molecule has 3 rings (SSSR count). The van der Waals surface area contributed by atoms with Crippen LogP contribution in [0.3, 0.4) is 0 Å². The highest BCUT2D eigenvalue weighted by atomic mass is 32.1. The summed E-state index contributed by atoms with van der Waals surface area (Å²) in [5.74, 6) is -0.677.